The lowest BCUT2D eigenvalue weighted by Gasteiger charge is -2.32. The fraction of sp³-hybridized carbons (Fsp3) is 0.333. The lowest BCUT2D eigenvalue weighted by molar-refractivity contribution is 0.0595. The van der Waals surface area contributed by atoms with Crippen LogP contribution < -0.4 is 4.74 Å². The third-order valence-electron chi connectivity index (χ3n) is 6.76. The molecule has 192 valence electrons. The van der Waals surface area contributed by atoms with E-state index in [1.807, 2.05) is 72.0 Å². The number of piperidine rings is 1. The molecule has 0 aliphatic carbocycles. The third-order valence-corrected chi connectivity index (χ3v) is 6.76. The van der Waals surface area contributed by atoms with Crippen LogP contribution in [0.5, 0.6) is 5.75 Å². The maximum atomic E-state index is 13.2. The minimum absolute atomic E-state index is 0.0597. The number of rotatable bonds is 8. The first-order valence-electron chi connectivity index (χ1n) is 12.8. The molecule has 1 aliphatic rings. The largest absolute Gasteiger partial charge is 0.490 e. The molecule has 37 heavy (non-hydrogen) atoms. The summed E-state index contributed by atoms with van der Waals surface area (Å²) in [5, 5.41) is 4.55. The van der Waals surface area contributed by atoms with Crippen LogP contribution in [0.25, 0.3) is 5.69 Å². The number of nitrogens with zero attached hydrogens (tertiary/aromatic N) is 4. The number of amides is 1. The molecule has 0 saturated carbocycles. The van der Waals surface area contributed by atoms with Crippen LogP contribution in [-0.2, 0) is 13.1 Å². The minimum atomic E-state index is 0.0597. The van der Waals surface area contributed by atoms with Gasteiger partial charge in [0.1, 0.15) is 11.9 Å². The number of carbonyl (C=O) groups is 1. The second-order valence-corrected chi connectivity index (χ2v) is 9.95. The topological polar surface area (TPSA) is 63.7 Å². The number of hydrogen-bond donors (Lipinski definition) is 0. The predicted molar refractivity (Wildman–Crippen MR) is 143 cm³/mol. The van der Waals surface area contributed by atoms with Gasteiger partial charge in [0.05, 0.1) is 23.9 Å². The monoisotopic (exact) mass is 498 g/mol. The van der Waals surface area contributed by atoms with Gasteiger partial charge in [0.2, 0.25) is 0 Å². The maximum Gasteiger partial charge on any atom is 0.253 e. The van der Waals surface area contributed by atoms with E-state index in [4.69, 9.17) is 9.15 Å². The molecule has 3 heterocycles. The molecular formula is C30H34N4O3. The van der Waals surface area contributed by atoms with Crippen molar-refractivity contribution in [2.75, 3.05) is 20.1 Å². The molecule has 1 fully saturated rings. The number of furan rings is 1. The molecule has 5 rings (SSSR count). The molecule has 0 radical (unpaired) electrons. The zero-order valence-corrected chi connectivity index (χ0v) is 21.8. The number of aryl methyl sites for hydroxylation is 2. The average Bonchev–Trinajstić information content (AvgIpc) is 3.53. The van der Waals surface area contributed by atoms with Crippen LogP contribution >= 0.6 is 0 Å². The molecule has 7 heteroatoms. The molecule has 4 aromatic rings. The van der Waals surface area contributed by atoms with Gasteiger partial charge in [0.15, 0.2) is 0 Å². The van der Waals surface area contributed by atoms with Crippen molar-refractivity contribution in [2.24, 2.45) is 0 Å². The number of likely N-dealkylation sites (tertiary alicyclic amines) is 1. The van der Waals surface area contributed by atoms with Gasteiger partial charge >= 0.3 is 0 Å². The van der Waals surface area contributed by atoms with E-state index in [2.05, 4.69) is 29.2 Å². The zero-order chi connectivity index (χ0) is 25.8. The molecule has 0 atom stereocenters. The molecule has 0 N–H and O–H groups in total. The van der Waals surface area contributed by atoms with E-state index in [-0.39, 0.29) is 12.0 Å². The molecular weight excluding hydrogens is 464 g/mol. The predicted octanol–water partition coefficient (Wildman–Crippen LogP) is 5.40. The van der Waals surface area contributed by atoms with Crippen LogP contribution in [0.3, 0.4) is 0 Å². The molecule has 2 aromatic heterocycles. The first-order chi connectivity index (χ1) is 17.9. The summed E-state index contributed by atoms with van der Waals surface area (Å²) in [7, 11) is 2.10. The van der Waals surface area contributed by atoms with Crippen molar-refractivity contribution in [1.29, 1.82) is 0 Å². The van der Waals surface area contributed by atoms with Crippen molar-refractivity contribution in [2.45, 2.75) is 45.9 Å². The fourth-order valence-corrected chi connectivity index (χ4v) is 4.99. The highest BCUT2D eigenvalue weighted by molar-refractivity contribution is 5.94. The molecule has 0 spiro atoms. The van der Waals surface area contributed by atoms with Gasteiger partial charge in [0.25, 0.3) is 5.91 Å². The van der Waals surface area contributed by atoms with Gasteiger partial charge < -0.3 is 14.1 Å². The summed E-state index contributed by atoms with van der Waals surface area (Å²) in [6.07, 6.45) is 5.21. The summed E-state index contributed by atoms with van der Waals surface area (Å²) in [5.41, 5.74) is 5.98. The van der Waals surface area contributed by atoms with Gasteiger partial charge in [-0.25, -0.2) is 4.68 Å². The summed E-state index contributed by atoms with van der Waals surface area (Å²) in [6.45, 7) is 7.02. The Morgan fingerprint density at radius 3 is 2.54 bits per heavy atom. The Morgan fingerprint density at radius 2 is 1.81 bits per heavy atom. The fourth-order valence-electron chi connectivity index (χ4n) is 4.99. The highest BCUT2D eigenvalue weighted by Crippen LogP contribution is 2.23. The van der Waals surface area contributed by atoms with Gasteiger partial charge in [-0.05, 0) is 68.9 Å². The number of carbonyl (C=O) groups excluding carboxylic acids is 1. The Morgan fingerprint density at radius 1 is 1.03 bits per heavy atom. The standard InChI is InChI=1S/C30H34N4O3/c1-22-16-23(2)34(31-22)27-8-5-7-26(18-27)30(35)33-13-10-28(11-14-33)37-29-9-4-6-24(17-29)19-32(3)20-25-12-15-36-21-25/h4-9,12,15-18,21,28H,10-11,13-14,19-20H2,1-3H3. The first kappa shape index (κ1) is 24.8. The van der Waals surface area contributed by atoms with Gasteiger partial charge in [-0.2, -0.15) is 5.10 Å². The van der Waals surface area contributed by atoms with Crippen LogP contribution in [0.1, 0.15) is 45.7 Å². The van der Waals surface area contributed by atoms with E-state index >= 15 is 0 Å². The molecule has 0 unspecified atom stereocenters. The molecule has 0 bridgehead atoms. The summed E-state index contributed by atoms with van der Waals surface area (Å²) in [6, 6.07) is 20.1. The lowest BCUT2D eigenvalue weighted by Crippen LogP contribution is -2.41. The zero-order valence-electron chi connectivity index (χ0n) is 21.8. The summed E-state index contributed by atoms with van der Waals surface area (Å²) >= 11 is 0. The van der Waals surface area contributed by atoms with E-state index in [1.165, 1.54) is 5.56 Å². The quantitative estimate of drug-likeness (QED) is 0.326. The number of aromatic nitrogens is 2. The van der Waals surface area contributed by atoms with E-state index in [0.29, 0.717) is 18.7 Å². The van der Waals surface area contributed by atoms with Gasteiger partial charge in [-0.3, -0.25) is 9.69 Å². The van der Waals surface area contributed by atoms with E-state index < -0.39 is 0 Å². The van der Waals surface area contributed by atoms with Crippen LogP contribution in [-0.4, -0.2) is 51.7 Å². The minimum Gasteiger partial charge on any atom is -0.490 e. The van der Waals surface area contributed by atoms with Crippen LogP contribution in [0.4, 0.5) is 0 Å². The number of hydrogen-bond acceptors (Lipinski definition) is 5. The van der Waals surface area contributed by atoms with Crippen molar-refractivity contribution < 1.29 is 13.9 Å². The highest BCUT2D eigenvalue weighted by Gasteiger charge is 2.25. The summed E-state index contributed by atoms with van der Waals surface area (Å²) in [4.78, 5) is 17.4. The van der Waals surface area contributed by atoms with Crippen molar-refractivity contribution in [1.82, 2.24) is 19.6 Å². The second kappa shape index (κ2) is 11.0. The van der Waals surface area contributed by atoms with E-state index in [9.17, 15) is 4.79 Å². The first-order valence-corrected chi connectivity index (χ1v) is 12.8. The van der Waals surface area contributed by atoms with Gasteiger partial charge in [-0.15, -0.1) is 0 Å². The van der Waals surface area contributed by atoms with Crippen molar-refractivity contribution in [3.8, 4) is 11.4 Å². The normalized spacial score (nSPS) is 14.3. The van der Waals surface area contributed by atoms with Gasteiger partial charge in [0, 0.05) is 55.8 Å². The summed E-state index contributed by atoms with van der Waals surface area (Å²) in [5.74, 6) is 0.945. The summed E-state index contributed by atoms with van der Waals surface area (Å²) < 4.78 is 13.4. The number of ether oxygens (including phenoxy) is 1. The maximum absolute atomic E-state index is 13.2. The van der Waals surface area contributed by atoms with Crippen molar-refractivity contribution in [3.05, 3.63) is 101 Å². The van der Waals surface area contributed by atoms with Crippen molar-refractivity contribution >= 4 is 5.91 Å². The average molecular weight is 499 g/mol. The van der Waals surface area contributed by atoms with E-state index in [0.717, 1.165) is 54.3 Å². The Bertz CT molecular complexity index is 1340. The number of benzene rings is 2. The SMILES string of the molecule is Cc1cc(C)n(-c2cccc(C(=O)N3CCC(Oc4cccc(CN(C)Cc5ccoc5)c4)CC3)c2)n1. The van der Waals surface area contributed by atoms with Crippen LogP contribution in [0, 0.1) is 13.8 Å². The molecule has 2 aromatic carbocycles. The van der Waals surface area contributed by atoms with Crippen molar-refractivity contribution in [3.63, 3.8) is 0 Å². The third kappa shape index (κ3) is 6.12. The smallest absolute Gasteiger partial charge is 0.253 e. The lowest BCUT2D eigenvalue weighted by atomic mass is 10.1. The molecule has 7 nitrogen and oxygen atoms in total. The Kier molecular flexibility index (Phi) is 7.42. The Labute approximate surface area is 218 Å². The van der Waals surface area contributed by atoms with Crippen LogP contribution in [0.15, 0.2) is 77.6 Å². The molecule has 1 amide bonds. The van der Waals surface area contributed by atoms with Gasteiger partial charge in [-0.1, -0.05) is 18.2 Å². The highest BCUT2D eigenvalue weighted by atomic mass is 16.5. The molecule has 1 aliphatic heterocycles. The Balaban J connectivity index is 1.15. The Hall–Kier alpha value is -3.84. The second-order valence-electron chi connectivity index (χ2n) is 9.95. The van der Waals surface area contributed by atoms with Crippen LogP contribution in [0.2, 0.25) is 0 Å². The molecule has 1 saturated heterocycles. The van der Waals surface area contributed by atoms with E-state index in [1.54, 1.807) is 12.5 Å².